The second-order valence-corrected chi connectivity index (χ2v) is 6.54. The van der Waals surface area contributed by atoms with Crippen LogP contribution in [0.2, 0.25) is 0 Å². The molecule has 25 heavy (non-hydrogen) atoms. The summed E-state index contributed by atoms with van der Waals surface area (Å²) < 4.78 is 0. The number of unbranched alkanes of at least 4 members (excludes halogenated alkanes) is 3. The van der Waals surface area contributed by atoms with Gasteiger partial charge >= 0.3 is 0 Å². The summed E-state index contributed by atoms with van der Waals surface area (Å²) in [7, 11) is 0. The fourth-order valence-electron chi connectivity index (χ4n) is 3.21. The van der Waals surface area contributed by atoms with Crippen molar-refractivity contribution in [3.63, 3.8) is 0 Å². The van der Waals surface area contributed by atoms with Gasteiger partial charge in [-0.15, -0.1) is 24.8 Å². The minimum Gasteiger partial charge on any atom is -0.368 e. The van der Waals surface area contributed by atoms with Crippen LogP contribution < -0.4 is 10.6 Å². The molecular formula is C19H33Cl2N3O. The lowest BCUT2D eigenvalue weighted by molar-refractivity contribution is -0.131. The molecule has 0 aliphatic carbocycles. The third kappa shape index (κ3) is 7.04. The number of hydrogen-bond acceptors (Lipinski definition) is 3. The van der Waals surface area contributed by atoms with Crippen molar-refractivity contribution in [2.24, 2.45) is 5.73 Å². The third-order valence-corrected chi connectivity index (χ3v) is 4.89. The highest BCUT2D eigenvalue weighted by Crippen LogP contribution is 2.24. The topological polar surface area (TPSA) is 49.6 Å². The lowest BCUT2D eigenvalue weighted by atomic mass is 10.1. The molecule has 1 amide bonds. The Morgan fingerprint density at radius 2 is 1.64 bits per heavy atom. The van der Waals surface area contributed by atoms with E-state index in [9.17, 15) is 4.79 Å². The number of anilines is 1. The number of hydrogen-bond donors (Lipinski definition) is 1. The maximum atomic E-state index is 12.3. The van der Waals surface area contributed by atoms with E-state index in [4.69, 9.17) is 5.73 Å². The zero-order valence-electron chi connectivity index (χ0n) is 15.5. The van der Waals surface area contributed by atoms with E-state index >= 15 is 0 Å². The van der Waals surface area contributed by atoms with Crippen molar-refractivity contribution >= 4 is 36.4 Å². The summed E-state index contributed by atoms with van der Waals surface area (Å²) in [5, 5.41) is 0. The molecule has 0 radical (unpaired) electrons. The van der Waals surface area contributed by atoms with Crippen molar-refractivity contribution in [2.75, 3.05) is 37.6 Å². The second-order valence-electron chi connectivity index (χ2n) is 6.54. The van der Waals surface area contributed by atoms with E-state index in [1.807, 2.05) is 4.90 Å². The molecule has 1 aliphatic heterocycles. The fraction of sp³-hybridized carbons (Fsp3) is 0.632. The maximum Gasteiger partial charge on any atom is 0.222 e. The Balaban J connectivity index is 0.00000288. The first-order chi connectivity index (χ1) is 11.1. The monoisotopic (exact) mass is 389 g/mol. The molecule has 0 spiro atoms. The van der Waals surface area contributed by atoms with Crippen LogP contribution in [0.3, 0.4) is 0 Å². The van der Waals surface area contributed by atoms with E-state index < -0.39 is 0 Å². The molecule has 1 fully saturated rings. The Morgan fingerprint density at radius 3 is 2.28 bits per heavy atom. The average Bonchev–Trinajstić information content (AvgIpc) is 2.57. The Kier molecular flexibility index (Phi) is 11.9. The molecule has 144 valence electrons. The normalized spacial score (nSPS) is 13.9. The van der Waals surface area contributed by atoms with Gasteiger partial charge in [0.05, 0.1) is 0 Å². The van der Waals surface area contributed by atoms with E-state index in [1.54, 1.807) is 0 Å². The minimum atomic E-state index is 0. The molecule has 1 aromatic carbocycles. The summed E-state index contributed by atoms with van der Waals surface area (Å²) >= 11 is 0. The van der Waals surface area contributed by atoms with Crippen molar-refractivity contribution in [1.29, 1.82) is 0 Å². The van der Waals surface area contributed by atoms with Gasteiger partial charge in [0.1, 0.15) is 0 Å². The van der Waals surface area contributed by atoms with Gasteiger partial charge < -0.3 is 15.5 Å². The molecule has 1 saturated heterocycles. The molecule has 6 heteroatoms. The van der Waals surface area contributed by atoms with Crippen LogP contribution in [-0.2, 0) is 4.79 Å². The first-order valence-electron chi connectivity index (χ1n) is 8.92. The molecule has 0 bridgehead atoms. The third-order valence-electron chi connectivity index (χ3n) is 4.89. The van der Waals surface area contributed by atoms with Crippen LogP contribution in [0.25, 0.3) is 0 Å². The maximum absolute atomic E-state index is 12.3. The number of carbonyl (C=O) groups is 1. The first kappa shape index (κ1) is 24.0. The van der Waals surface area contributed by atoms with E-state index in [0.29, 0.717) is 12.3 Å². The van der Waals surface area contributed by atoms with Gasteiger partial charge in [0, 0.05) is 38.3 Å². The number of nitrogens with zero attached hydrogens (tertiary/aromatic N) is 2. The van der Waals surface area contributed by atoms with Crippen molar-refractivity contribution < 1.29 is 4.79 Å². The van der Waals surface area contributed by atoms with Crippen LogP contribution in [0.4, 0.5) is 5.69 Å². The van der Waals surface area contributed by atoms with Gasteiger partial charge in [0.25, 0.3) is 0 Å². The summed E-state index contributed by atoms with van der Waals surface area (Å²) in [5.41, 5.74) is 9.49. The number of benzene rings is 1. The van der Waals surface area contributed by atoms with Crippen molar-refractivity contribution in [3.8, 4) is 0 Å². The molecule has 1 aromatic rings. The van der Waals surface area contributed by atoms with Crippen LogP contribution in [-0.4, -0.2) is 43.5 Å². The van der Waals surface area contributed by atoms with Crippen molar-refractivity contribution in [3.05, 3.63) is 29.3 Å². The molecule has 1 heterocycles. The second kappa shape index (κ2) is 12.4. The number of aryl methyl sites for hydroxylation is 1. The van der Waals surface area contributed by atoms with E-state index in [2.05, 4.69) is 36.9 Å². The van der Waals surface area contributed by atoms with Gasteiger partial charge in [-0.05, 0) is 50.4 Å². The van der Waals surface area contributed by atoms with Gasteiger partial charge in [-0.2, -0.15) is 0 Å². The number of nitrogens with two attached hydrogens (primary N) is 1. The highest BCUT2D eigenvalue weighted by molar-refractivity contribution is 5.85. The highest BCUT2D eigenvalue weighted by Gasteiger charge is 2.21. The van der Waals surface area contributed by atoms with Gasteiger partial charge in [-0.3, -0.25) is 4.79 Å². The Hall–Kier alpha value is -0.970. The molecule has 2 N–H and O–H groups in total. The number of amides is 1. The summed E-state index contributed by atoms with van der Waals surface area (Å²) in [6, 6.07) is 6.47. The largest absolute Gasteiger partial charge is 0.368 e. The van der Waals surface area contributed by atoms with Gasteiger partial charge in [0.2, 0.25) is 5.91 Å². The summed E-state index contributed by atoms with van der Waals surface area (Å²) in [4.78, 5) is 16.7. The fourth-order valence-corrected chi connectivity index (χ4v) is 3.21. The van der Waals surface area contributed by atoms with Crippen molar-refractivity contribution in [1.82, 2.24) is 4.90 Å². The standard InChI is InChI=1S/C19H31N3O.2ClH/c1-16-8-7-9-18(17(16)2)21-12-14-22(15-13-21)19(23)10-5-3-4-6-11-20;;/h7-9H,3-6,10-15,20H2,1-2H3;2*1H. The van der Waals surface area contributed by atoms with Gasteiger partial charge in [0.15, 0.2) is 0 Å². The predicted octanol–water partition coefficient (Wildman–Crippen LogP) is 3.70. The zero-order chi connectivity index (χ0) is 16.7. The van der Waals surface area contributed by atoms with Crippen LogP contribution in [0, 0.1) is 13.8 Å². The highest BCUT2D eigenvalue weighted by atomic mass is 35.5. The molecule has 0 saturated carbocycles. The molecular weight excluding hydrogens is 357 g/mol. The van der Waals surface area contributed by atoms with Gasteiger partial charge in [-0.1, -0.05) is 25.0 Å². The van der Waals surface area contributed by atoms with Crippen LogP contribution in [0.1, 0.15) is 43.2 Å². The van der Waals surface area contributed by atoms with Gasteiger partial charge in [-0.25, -0.2) is 0 Å². The SMILES string of the molecule is Cc1cccc(N2CCN(C(=O)CCCCCCN)CC2)c1C.Cl.Cl. The number of carbonyl (C=O) groups excluding carboxylic acids is 1. The zero-order valence-corrected chi connectivity index (χ0v) is 17.1. The predicted molar refractivity (Wildman–Crippen MR) is 111 cm³/mol. The lowest BCUT2D eigenvalue weighted by Gasteiger charge is -2.37. The number of halogens is 2. The molecule has 1 aliphatic rings. The molecule has 4 nitrogen and oxygen atoms in total. The average molecular weight is 390 g/mol. The number of rotatable bonds is 7. The molecule has 0 aromatic heterocycles. The lowest BCUT2D eigenvalue weighted by Crippen LogP contribution is -2.49. The van der Waals surface area contributed by atoms with Crippen LogP contribution in [0.5, 0.6) is 0 Å². The Bertz CT molecular complexity index is 517. The summed E-state index contributed by atoms with van der Waals surface area (Å²) in [6.07, 6.45) is 5.02. The van der Waals surface area contributed by atoms with Crippen LogP contribution in [0.15, 0.2) is 18.2 Å². The Labute approximate surface area is 164 Å². The number of piperazine rings is 1. The molecule has 0 atom stereocenters. The van der Waals surface area contributed by atoms with E-state index in [1.165, 1.54) is 16.8 Å². The summed E-state index contributed by atoms with van der Waals surface area (Å²) in [5.74, 6) is 0.318. The molecule has 0 unspecified atom stereocenters. The van der Waals surface area contributed by atoms with Crippen molar-refractivity contribution in [2.45, 2.75) is 46.0 Å². The van der Waals surface area contributed by atoms with E-state index in [-0.39, 0.29) is 24.8 Å². The Morgan fingerprint density at radius 1 is 1.00 bits per heavy atom. The van der Waals surface area contributed by atoms with Crippen LogP contribution >= 0.6 is 24.8 Å². The summed E-state index contributed by atoms with van der Waals surface area (Å²) in [6.45, 7) is 8.65. The quantitative estimate of drug-likeness (QED) is 0.723. The molecule has 2 rings (SSSR count). The first-order valence-corrected chi connectivity index (χ1v) is 8.92. The van der Waals surface area contributed by atoms with E-state index in [0.717, 1.165) is 58.4 Å². The smallest absolute Gasteiger partial charge is 0.222 e. The minimum absolute atomic E-state index is 0.